The Bertz CT molecular complexity index is 2370. The number of halogens is 3. The normalized spacial score (nSPS) is 13.8. The van der Waals surface area contributed by atoms with E-state index in [0.717, 1.165) is 65.5 Å². The minimum absolute atomic E-state index is 0. The number of methoxy groups -OCH3 is 1. The second-order valence-electron chi connectivity index (χ2n) is 13.3. The van der Waals surface area contributed by atoms with Crippen LogP contribution in [0.3, 0.4) is 0 Å². The number of anilines is 4. The highest BCUT2D eigenvalue weighted by molar-refractivity contribution is 7.92. The van der Waals surface area contributed by atoms with E-state index >= 15 is 0 Å². The van der Waals surface area contributed by atoms with Gasteiger partial charge in [0.1, 0.15) is 27.2 Å². The molecule has 0 aliphatic carbocycles. The summed E-state index contributed by atoms with van der Waals surface area (Å²) in [4.78, 5) is 18.3. The molecule has 1 aliphatic heterocycles. The molecule has 0 spiro atoms. The van der Waals surface area contributed by atoms with Crippen molar-refractivity contribution in [2.45, 2.75) is 31.6 Å². The smallest absolute Gasteiger partial charge is 0.267 e. The minimum Gasteiger partial charge on any atom is -0.494 e. The lowest BCUT2D eigenvalue weighted by Crippen LogP contribution is -2.47. The van der Waals surface area contributed by atoms with Crippen LogP contribution in [-0.2, 0) is 19.9 Å². The average molecular weight is 834 g/mol. The van der Waals surface area contributed by atoms with Crippen molar-refractivity contribution in [1.29, 1.82) is 0 Å². The summed E-state index contributed by atoms with van der Waals surface area (Å²) in [6.07, 6.45) is 2.89. The third-order valence-corrected chi connectivity index (χ3v) is 12.6. The Balaban J connectivity index is 0.00000580. The van der Waals surface area contributed by atoms with Crippen LogP contribution in [0.25, 0.3) is 21.8 Å². The highest BCUT2D eigenvalue weighted by atomic mass is 35.5. The average Bonchev–Trinajstić information content (AvgIpc) is 3.57. The van der Waals surface area contributed by atoms with Crippen molar-refractivity contribution < 1.29 is 30.4 Å². The molecule has 18 heteroatoms. The third-order valence-electron chi connectivity index (χ3n) is 8.86. The van der Waals surface area contributed by atoms with Crippen LogP contribution in [0.2, 0.25) is 0 Å². The molecule has 0 unspecified atom stereocenters. The molecule has 1 saturated heterocycles. The summed E-state index contributed by atoms with van der Waals surface area (Å²) in [5, 5.41) is 4.14. The maximum absolute atomic E-state index is 14.4. The largest absolute Gasteiger partial charge is 0.494 e. The van der Waals surface area contributed by atoms with E-state index in [1.165, 1.54) is 23.7 Å². The van der Waals surface area contributed by atoms with Crippen molar-refractivity contribution in [3.05, 3.63) is 89.1 Å². The lowest BCUT2D eigenvalue weighted by atomic mass is 10.1. The van der Waals surface area contributed by atoms with Crippen LogP contribution < -0.4 is 19.7 Å². The predicted octanol–water partition coefficient (Wildman–Crippen LogP) is 7.12. The van der Waals surface area contributed by atoms with Gasteiger partial charge in [-0.1, -0.05) is 32.0 Å². The standard InChI is InChI=1S/C37H41F2N7O5S3.ClH/c1-23(2)36-43-33(25-8-6-9-26(21-25)44-54(49,50)35-27(38)10-7-11-28(35)39)34(52-36)29-12-13-40-37(41-29)42-30-20-24(3)31(22-32(30)51-4)46-16-14-45(15-17-46)18-19-53(5,47)48;/h6-13,20-23,44H,14-19H2,1-5H3,(H,40,41,42);1H. The number of hydrogen-bond donors (Lipinski definition) is 2. The Kier molecular flexibility index (Phi) is 13.0. The number of ether oxygens (including phenoxy) is 1. The van der Waals surface area contributed by atoms with E-state index in [1.807, 2.05) is 32.9 Å². The topological polar surface area (TPSA) is 147 Å². The van der Waals surface area contributed by atoms with Gasteiger partial charge in [0.05, 0.1) is 39.8 Å². The molecule has 6 rings (SSSR count). The van der Waals surface area contributed by atoms with Gasteiger partial charge in [-0.2, -0.15) is 0 Å². The molecule has 2 aromatic heterocycles. The van der Waals surface area contributed by atoms with Crippen molar-refractivity contribution >= 4 is 66.6 Å². The molecule has 2 N–H and O–H groups in total. The highest BCUT2D eigenvalue weighted by Gasteiger charge is 2.26. The van der Waals surface area contributed by atoms with Crippen LogP contribution in [0, 0.1) is 18.6 Å². The molecule has 3 aromatic carbocycles. The van der Waals surface area contributed by atoms with Gasteiger partial charge >= 0.3 is 0 Å². The van der Waals surface area contributed by atoms with Crippen molar-refractivity contribution in [1.82, 2.24) is 19.9 Å². The number of rotatable bonds is 13. The van der Waals surface area contributed by atoms with Crippen LogP contribution in [0.1, 0.15) is 30.3 Å². The molecule has 3 heterocycles. The van der Waals surface area contributed by atoms with Gasteiger partial charge in [-0.15, -0.1) is 23.7 Å². The molecule has 1 aliphatic rings. The van der Waals surface area contributed by atoms with Crippen molar-refractivity contribution in [2.24, 2.45) is 0 Å². The molecule has 0 atom stereocenters. The number of aromatic nitrogens is 3. The first-order valence-electron chi connectivity index (χ1n) is 17.1. The molecule has 1 fully saturated rings. The number of aryl methyl sites for hydroxylation is 1. The van der Waals surface area contributed by atoms with Crippen LogP contribution in [0.5, 0.6) is 5.75 Å². The molecule has 55 heavy (non-hydrogen) atoms. The van der Waals surface area contributed by atoms with Gasteiger partial charge in [0.2, 0.25) is 5.95 Å². The Hall–Kier alpha value is -4.42. The Labute approximate surface area is 330 Å². The number of nitrogens with zero attached hydrogens (tertiary/aromatic N) is 5. The first kappa shape index (κ1) is 41.7. The summed E-state index contributed by atoms with van der Waals surface area (Å²) < 4.78 is 86.2. The Morgan fingerprint density at radius 3 is 2.29 bits per heavy atom. The fraction of sp³-hybridized carbons (Fsp3) is 0.324. The van der Waals surface area contributed by atoms with E-state index in [2.05, 4.69) is 24.8 Å². The molecule has 12 nitrogen and oxygen atoms in total. The predicted molar refractivity (Wildman–Crippen MR) is 216 cm³/mol. The van der Waals surface area contributed by atoms with Crippen molar-refractivity contribution in [3.8, 4) is 27.6 Å². The lowest BCUT2D eigenvalue weighted by molar-refractivity contribution is 0.272. The maximum atomic E-state index is 14.4. The second-order valence-corrected chi connectivity index (χ2v) is 18.2. The van der Waals surface area contributed by atoms with Gasteiger partial charge in [0, 0.05) is 74.1 Å². The quantitative estimate of drug-likeness (QED) is 0.125. The summed E-state index contributed by atoms with van der Waals surface area (Å²) in [6, 6.07) is 15.0. The second kappa shape index (κ2) is 17.2. The zero-order chi connectivity index (χ0) is 38.8. The van der Waals surface area contributed by atoms with Crippen LogP contribution in [0.4, 0.5) is 31.8 Å². The summed E-state index contributed by atoms with van der Waals surface area (Å²) in [7, 11) is -6.01. The third kappa shape index (κ3) is 9.88. The van der Waals surface area contributed by atoms with Gasteiger partial charge in [-0.3, -0.25) is 9.62 Å². The number of hydrogen-bond acceptors (Lipinski definition) is 12. The van der Waals surface area contributed by atoms with Gasteiger partial charge in [0.25, 0.3) is 10.0 Å². The van der Waals surface area contributed by atoms with Crippen molar-refractivity contribution in [3.63, 3.8) is 0 Å². The summed E-state index contributed by atoms with van der Waals surface area (Å²) in [5.41, 5.74) is 4.51. The van der Waals surface area contributed by atoms with E-state index in [1.54, 1.807) is 37.6 Å². The number of sulfone groups is 1. The number of sulfonamides is 1. The summed E-state index contributed by atoms with van der Waals surface area (Å²) >= 11 is 1.45. The molecule has 294 valence electrons. The van der Waals surface area contributed by atoms with Gasteiger partial charge in [-0.05, 0) is 48.9 Å². The Morgan fingerprint density at radius 1 is 0.945 bits per heavy atom. The fourth-order valence-corrected chi connectivity index (χ4v) is 8.92. The van der Waals surface area contributed by atoms with Gasteiger partial charge < -0.3 is 15.0 Å². The van der Waals surface area contributed by atoms with Crippen molar-refractivity contribution in [2.75, 3.05) is 66.8 Å². The summed E-state index contributed by atoms with van der Waals surface area (Å²) in [6.45, 7) is 9.58. The van der Waals surface area contributed by atoms with Crippen LogP contribution >= 0.6 is 23.7 Å². The fourth-order valence-electron chi connectivity index (χ4n) is 6.09. The van der Waals surface area contributed by atoms with E-state index in [0.29, 0.717) is 40.9 Å². The SMILES string of the molecule is COc1cc(N2CCN(CCS(C)(=O)=O)CC2)c(C)cc1Nc1nccc(-c2sc(C(C)C)nc2-c2cccc(NS(=O)(=O)c3c(F)cccc3F)c2)n1.Cl. The molecule has 0 saturated carbocycles. The van der Waals surface area contributed by atoms with E-state index < -0.39 is 36.4 Å². The molecular formula is C37H42ClF2N7O5S3. The van der Waals surface area contributed by atoms with Gasteiger partial charge in [-0.25, -0.2) is 40.6 Å². The first-order chi connectivity index (χ1) is 25.6. The van der Waals surface area contributed by atoms with E-state index in [-0.39, 0.29) is 29.8 Å². The molecule has 0 amide bonds. The van der Waals surface area contributed by atoms with E-state index in [4.69, 9.17) is 14.7 Å². The maximum Gasteiger partial charge on any atom is 0.267 e. The van der Waals surface area contributed by atoms with Crippen LogP contribution in [0.15, 0.2) is 71.8 Å². The van der Waals surface area contributed by atoms with Gasteiger partial charge in [0.15, 0.2) is 4.90 Å². The zero-order valence-electron chi connectivity index (χ0n) is 30.8. The highest BCUT2D eigenvalue weighted by Crippen LogP contribution is 2.40. The molecule has 5 aromatic rings. The Morgan fingerprint density at radius 2 is 1.64 bits per heavy atom. The zero-order valence-corrected chi connectivity index (χ0v) is 34.1. The number of benzene rings is 3. The number of piperazine rings is 1. The monoisotopic (exact) mass is 833 g/mol. The number of thiazole rings is 1. The van der Waals surface area contributed by atoms with Crippen LogP contribution in [-0.4, -0.2) is 88.5 Å². The van der Waals surface area contributed by atoms with E-state index in [9.17, 15) is 25.6 Å². The number of nitrogens with one attached hydrogen (secondary N) is 2. The lowest BCUT2D eigenvalue weighted by Gasteiger charge is -2.37. The molecular weight excluding hydrogens is 792 g/mol. The minimum atomic E-state index is -4.59. The molecule has 0 radical (unpaired) electrons. The molecule has 0 bridgehead atoms. The first-order valence-corrected chi connectivity index (χ1v) is 21.5. The summed E-state index contributed by atoms with van der Waals surface area (Å²) in [5.74, 6) is -1.26.